The lowest BCUT2D eigenvalue weighted by Gasteiger charge is -2.23. The molecule has 1 unspecified atom stereocenters. The maximum Gasteiger partial charge on any atom is 0.244 e. The van der Waals surface area contributed by atoms with Crippen molar-refractivity contribution < 1.29 is 13.6 Å². The van der Waals surface area contributed by atoms with E-state index in [0.29, 0.717) is 12.8 Å². The van der Waals surface area contributed by atoms with Crippen LogP contribution in [0.1, 0.15) is 26.7 Å². The lowest BCUT2D eigenvalue weighted by Crippen LogP contribution is -2.48. The highest BCUT2D eigenvalue weighted by Gasteiger charge is 2.28. The van der Waals surface area contributed by atoms with E-state index >= 15 is 0 Å². The monoisotopic (exact) mass is 242 g/mol. The topological polar surface area (TPSA) is 55.1 Å². The van der Waals surface area contributed by atoms with Gasteiger partial charge in [0.25, 0.3) is 0 Å². The van der Waals surface area contributed by atoms with Crippen LogP contribution in [0.15, 0.2) is 18.2 Å². The van der Waals surface area contributed by atoms with E-state index in [4.69, 9.17) is 5.73 Å². The summed E-state index contributed by atoms with van der Waals surface area (Å²) in [4.78, 5) is 11.8. The van der Waals surface area contributed by atoms with Crippen molar-refractivity contribution in [1.29, 1.82) is 0 Å². The molecule has 0 radical (unpaired) electrons. The Hall–Kier alpha value is -1.49. The van der Waals surface area contributed by atoms with E-state index in [1.165, 1.54) is 13.0 Å². The van der Waals surface area contributed by atoms with Crippen LogP contribution in [0.3, 0.4) is 0 Å². The van der Waals surface area contributed by atoms with Crippen LogP contribution < -0.4 is 11.1 Å². The first-order chi connectivity index (χ1) is 7.88. The third-order valence-corrected chi connectivity index (χ3v) is 2.49. The second-order valence-corrected chi connectivity index (χ2v) is 4.22. The molecule has 17 heavy (non-hydrogen) atoms. The van der Waals surface area contributed by atoms with Gasteiger partial charge in [0, 0.05) is 0 Å². The van der Waals surface area contributed by atoms with Crippen LogP contribution >= 0.6 is 0 Å². The molecule has 0 saturated carbocycles. The van der Waals surface area contributed by atoms with Crippen molar-refractivity contribution in [3.63, 3.8) is 0 Å². The van der Waals surface area contributed by atoms with Crippen LogP contribution in [0, 0.1) is 11.6 Å². The molecule has 0 aliphatic rings. The molecule has 1 atom stereocenters. The number of nitrogens with one attached hydrogen (secondary N) is 1. The molecule has 1 aromatic carbocycles. The molecule has 5 heteroatoms. The minimum Gasteiger partial charge on any atom is -0.320 e. The number of amides is 1. The van der Waals surface area contributed by atoms with E-state index in [1.54, 1.807) is 0 Å². The number of hydrogen-bond donors (Lipinski definition) is 2. The van der Waals surface area contributed by atoms with Gasteiger partial charge in [0.1, 0.15) is 17.3 Å². The normalized spacial score (nSPS) is 14.2. The molecule has 3 nitrogen and oxygen atoms in total. The molecular formula is C12H16F2N2O. The maximum absolute atomic E-state index is 13.3. The summed E-state index contributed by atoms with van der Waals surface area (Å²) in [5.41, 5.74) is 4.17. The lowest BCUT2D eigenvalue weighted by atomic mass is 9.96. The van der Waals surface area contributed by atoms with Gasteiger partial charge in [-0.1, -0.05) is 19.4 Å². The first-order valence-electron chi connectivity index (χ1n) is 5.43. The number of hydrogen-bond acceptors (Lipinski definition) is 2. The summed E-state index contributed by atoms with van der Waals surface area (Å²) in [6, 6.07) is 3.38. The van der Waals surface area contributed by atoms with Crippen LogP contribution in [0.25, 0.3) is 0 Å². The fourth-order valence-electron chi connectivity index (χ4n) is 1.51. The van der Waals surface area contributed by atoms with Gasteiger partial charge in [0.05, 0.1) is 5.54 Å². The summed E-state index contributed by atoms with van der Waals surface area (Å²) in [6.45, 7) is 3.41. The third kappa shape index (κ3) is 3.23. The van der Waals surface area contributed by atoms with Gasteiger partial charge in [-0.2, -0.15) is 0 Å². The zero-order valence-corrected chi connectivity index (χ0v) is 9.89. The summed E-state index contributed by atoms with van der Waals surface area (Å²) < 4.78 is 26.6. The first kappa shape index (κ1) is 13.6. The summed E-state index contributed by atoms with van der Waals surface area (Å²) in [5, 5.41) is 2.19. The van der Waals surface area contributed by atoms with Crippen LogP contribution in [-0.4, -0.2) is 11.4 Å². The Morgan fingerprint density at radius 3 is 2.41 bits per heavy atom. The van der Waals surface area contributed by atoms with Gasteiger partial charge in [-0.25, -0.2) is 8.78 Å². The Bertz CT molecular complexity index is 399. The summed E-state index contributed by atoms with van der Waals surface area (Å²) in [6.07, 6.45) is 1.15. The third-order valence-electron chi connectivity index (χ3n) is 2.49. The average molecular weight is 242 g/mol. The molecule has 3 N–H and O–H groups in total. The number of carbonyl (C=O) groups excluding carboxylic acids is 1. The molecule has 0 heterocycles. The summed E-state index contributed by atoms with van der Waals surface area (Å²) in [7, 11) is 0. The quantitative estimate of drug-likeness (QED) is 0.852. The number of anilines is 1. The van der Waals surface area contributed by atoms with Gasteiger partial charge in [-0.05, 0) is 25.5 Å². The number of benzene rings is 1. The van der Waals surface area contributed by atoms with E-state index in [9.17, 15) is 13.6 Å². The van der Waals surface area contributed by atoms with Crippen LogP contribution in [0.2, 0.25) is 0 Å². The highest BCUT2D eigenvalue weighted by molar-refractivity contribution is 5.97. The van der Waals surface area contributed by atoms with Crippen molar-refractivity contribution in [1.82, 2.24) is 0 Å². The number of rotatable bonds is 4. The number of para-hydroxylation sites is 1. The summed E-state index contributed by atoms with van der Waals surface area (Å²) >= 11 is 0. The Kier molecular flexibility index (Phi) is 4.17. The van der Waals surface area contributed by atoms with Crippen molar-refractivity contribution in [3.8, 4) is 0 Å². The molecule has 0 fully saturated rings. The molecule has 1 aromatic rings. The average Bonchev–Trinajstić information content (AvgIpc) is 2.23. The fraction of sp³-hybridized carbons (Fsp3) is 0.417. The lowest BCUT2D eigenvalue weighted by molar-refractivity contribution is -0.120. The van der Waals surface area contributed by atoms with E-state index in [2.05, 4.69) is 5.32 Å². The van der Waals surface area contributed by atoms with Gasteiger partial charge < -0.3 is 11.1 Å². The Balaban J connectivity index is 2.88. The molecule has 0 aliphatic heterocycles. The van der Waals surface area contributed by atoms with E-state index in [0.717, 1.165) is 12.1 Å². The van der Waals surface area contributed by atoms with Gasteiger partial charge in [0.15, 0.2) is 0 Å². The SMILES string of the molecule is CCCC(C)(N)C(=O)Nc1c(F)cccc1F. The van der Waals surface area contributed by atoms with Crippen molar-refractivity contribution in [2.24, 2.45) is 5.73 Å². The number of halogens is 2. The van der Waals surface area contributed by atoms with Gasteiger partial charge in [-0.3, -0.25) is 4.79 Å². The maximum atomic E-state index is 13.3. The molecular weight excluding hydrogens is 226 g/mol. The Morgan fingerprint density at radius 1 is 1.41 bits per heavy atom. The highest BCUT2D eigenvalue weighted by atomic mass is 19.1. The highest BCUT2D eigenvalue weighted by Crippen LogP contribution is 2.20. The van der Waals surface area contributed by atoms with Crippen molar-refractivity contribution in [2.75, 3.05) is 5.32 Å². The standard InChI is InChI=1S/C12H16F2N2O/c1-3-7-12(2,15)11(17)16-10-8(13)5-4-6-9(10)14/h4-6H,3,7,15H2,1-2H3,(H,16,17). The minimum absolute atomic E-state index is 0.439. The predicted molar refractivity (Wildman–Crippen MR) is 62.5 cm³/mol. The molecule has 1 rings (SSSR count). The molecule has 0 aromatic heterocycles. The van der Waals surface area contributed by atoms with E-state index < -0.39 is 28.8 Å². The van der Waals surface area contributed by atoms with Gasteiger partial charge in [-0.15, -0.1) is 0 Å². The molecule has 0 bridgehead atoms. The molecule has 1 amide bonds. The Morgan fingerprint density at radius 2 is 1.94 bits per heavy atom. The van der Waals surface area contributed by atoms with E-state index in [1.807, 2.05) is 6.92 Å². The molecule has 0 saturated heterocycles. The Labute approximate surface area is 99.0 Å². The zero-order valence-electron chi connectivity index (χ0n) is 9.89. The van der Waals surface area contributed by atoms with Gasteiger partial charge >= 0.3 is 0 Å². The van der Waals surface area contributed by atoms with Crippen molar-refractivity contribution >= 4 is 11.6 Å². The van der Waals surface area contributed by atoms with Gasteiger partial charge in [0.2, 0.25) is 5.91 Å². The second kappa shape index (κ2) is 5.23. The van der Waals surface area contributed by atoms with Crippen LogP contribution in [0.5, 0.6) is 0 Å². The van der Waals surface area contributed by atoms with Crippen LogP contribution in [0.4, 0.5) is 14.5 Å². The summed E-state index contributed by atoms with van der Waals surface area (Å²) in [5.74, 6) is -2.22. The first-order valence-corrected chi connectivity index (χ1v) is 5.43. The van der Waals surface area contributed by atoms with Crippen molar-refractivity contribution in [2.45, 2.75) is 32.2 Å². The predicted octanol–water partition coefficient (Wildman–Crippen LogP) is 2.42. The van der Waals surface area contributed by atoms with Crippen molar-refractivity contribution in [3.05, 3.63) is 29.8 Å². The number of nitrogens with two attached hydrogens (primary N) is 1. The molecule has 0 aliphatic carbocycles. The molecule has 94 valence electrons. The molecule has 0 spiro atoms. The largest absolute Gasteiger partial charge is 0.320 e. The van der Waals surface area contributed by atoms with E-state index in [-0.39, 0.29) is 0 Å². The minimum atomic E-state index is -1.14. The second-order valence-electron chi connectivity index (χ2n) is 4.22. The van der Waals surface area contributed by atoms with Crippen LogP contribution in [-0.2, 0) is 4.79 Å². The zero-order chi connectivity index (χ0) is 13.1. The fourth-order valence-corrected chi connectivity index (χ4v) is 1.51. The smallest absolute Gasteiger partial charge is 0.244 e. The number of carbonyl (C=O) groups is 1.